The lowest BCUT2D eigenvalue weighted by Gasteiger charge is -2.28. The first kappa shape index (κ1) is 12.3. The minimum Gasteiger partial charge on any atom is -0.298 e. The third-order valence-electron chi connectivity index (χ3n) is 5.01. The zero-order valence-electron chi connectivity index (χ0n) is 11.7. The van der Waals surface area contributed by atoms with E-state index in [0.29, 0.717) is 11.8 Å². The molecule has 0 radical (unpaired) electrons. The monoisotopic (exact) mass is 230 g/mol. The molecule has 1 heteroatoms. The molecule has 1 nitrogen and oxygen atoms in total. The highest BCUT2D eigenvalue weighted by atomic mass is 16.1. The van der Waals surface area contributed by atoms with Crippen molar-refractivity contribution in [3.8, 4) is 0 Å². The van der Waals surface area contributed by atoms with Crippen molar-refractivity contribution >= 4 is 6.29 Å². The van der Waals surface area contributed by atoms with E-state index in [4.69, 9.17) is 0 Å². The number of carbonyl (C=O) groups is 1. The van der Waals surface area contributed by atoms with Crippen LogP contribution in [-0.2, 0) is 5.41 Å². The molecule has 17 heavy (non-hydrogen) atoms. The van der Waals surface area contributed by atoms with Crippen LogP contribution in [0.5, 0.6) is 0 Å². The summed E-state index contributed by atoms with van der Waals surface area (Å²) < 4.78 is 0. The van der Waals surface area contributed by atoms with Gasteiger partial charge in [0.05, 0.1) is 0 Å². The summed E-state index contributed by atoms with van der Waals surface area (Å²) in [6, 6.07) is 2.22. The minimum atomic E-state index is 0.171. The highest BCUT2D eigenvalue weighted by Gasteiger charge is 2.43. The summed E-state index contributed by atoms with van der Waals surface area (Å²) in [4.78, 5) is 11.2. The molecule has 0 aromatic heterocycles. The Morgan fingerprint density at radius 1 is 1.24 bits per heavy atom. The number of hydrogen-bond acceptors (Lipinski definition) is 1. The van der Waals surface area contributed by atoms with E-state index in [1.54, 1.807) is 0 Å². The van der Waals surface area contributed by atoms with Gasteiger partial charge in [-0.2, -0.15) is 0 Å². The fourth-order valence-corrected chi connectivity index (χ4v) is 3.55. The first-order chi connectivity index (χ1) is 7.82. The van der Waals surface area contributed by atoms with Crippen molar-refractivity contribution in [1.29, 1.82) is 0 Å². The SMILES string of the molecule is Cc1cc2c(c(C)c1C=O)C(C)(C)C(C)C2C. The maximum Gasteiger partial charge on any atom is 0.150 e. The Balaban J connectivity index is 2.81. The molecule has 0 bridgehead atoms. The van der Waals surface area contributed by atoms with Gasteiger partial charge in [-0.3, -0.25) is 4.79 Å². The first-order valence-corrected chi connectivity index (χ1v) is 6.42. The Bertz CT molecular complexity index is 483. The Morgan fingerprint density at radius 3 is 2.35 bits per heavy atom. The molecule has 2 rings (SSSR count). The zero-order valence-corrected chi connectivity index (χ0v) is 11.7. The van der Waals surface area contributed by atoms with E-state index in [2.05, 4.69) is 40.7 Å². The Kier molecular flexibility index (Phi) is 2.68. The average molecular weight is 230 g/mol. The molecule has 0 saturated carbocycles. The molecule has 2 unspecified atom stereocenters. The molecule has 1 aliphatic carbocycles. The molecular formula is C16H22O. The van der Waals surface area contributed by atoms with Gasteiger partial charge in [0.2, 0.25) is 0 Å². The molecule has 1 aromatic carbocycles. The summed E-state index contributed by atoms with van der Waals surface area (Å²) in [7, 11) is 0. The van der Waals surface area contributed by atoms with Crippen LogP contribution in [0.1, 0.15) is 66.2 Å². The molecule has 1 aromatic rings. The van der Waals surface area contributed by atoms with Crippen LogP contribution >= 0.6 is 0 Å². The predicted molar refractivity (Wildman–Crippen MR) is 71.9 cm³/mol. The summed E-state index contributed by atoms with van der Waals surface area (Å²) in [5, 5.41) is 0. The smallest absolute Gasteiger partial charge is 0.150 e. The van der Waals surface area contributed by atoms with Crippen molar-refractivity contribution in [3.05, 3.63) is 33.9 Å². The van der Waals surface area contributed by atoms with Crippen molar-refractivity contribution < 1.29 is 4.79 Å². The number of rotatable bonds is 1. The number of hydrogen-bond donors (Lipinski definition) is 0. The summed E-state index contributed by atoms with van der Waals surface area (Å²) >= 11 is 0. The second-order valence-corrected chi connectivity index (χ2v) is 6.11. The highest BCUT2D eigenvalue weighted by molar-refractivity contribution is 5.81. The van der Waals surface area contributed by atoms with Crippen LogP contribution in [0.2, 0.25) is 0 Å². The van der Waals surface area contributed by atoms with Crippen LogP contribution in [0.25, 0.3) is 0 Å². The van der Waals surface area contributed by atoms with E-state index < -0.39 is 0 Å². The van der Waals surface area contributed by atoms with Crippen molar-refractivity contribution in [3.63, 3.8) is 0 Å². The van der Waals surface area contributed by atoms with Crippen LogP contribution in [0, 0.1) is 19.8 Å². The molecule has 0 spiro atoms. The van der Waals surface area contributed by atoms with Gasteiger partial charge in [0.25, 0.3) is 0 Å². The molecule has 0 saturated heterocycles. The second kappa shape index (κ2) is 3.69. The third-order valence-corrected chi connectivity index (χ3v) is 5.01. The van der Waals surface area contributed by atoms with Crippen LogP contribution in [0.3, 0.4) is 0 Å². The van der Waals surface area contributed by atoms with Gasteiger partial charge in [-0.05, 0) is 53.4 Å². The van der Waals surface area contributed by atoms with Crippen molar-refractivity contribution in [1.82, 2.24) is 0 Å². The summed E-state index contributed by atoms with van der Waals surface area (Å²) in [6.07, 6.45) is 1.01. The van der Waals surface area contributed by atoms with Gasteiger partial charge in [0.15, 0.2) is 6.29 Å². The molecule has 0 heterocycles. The molecule has 92 valence electrons. The lowest BCUT2D eigenvalue weighted by Crippen LogP contribution is -2.23. The molecular weight excluding hydrogens is 208 g/mol. The fraction of sp³-hybridized carbons (Fsp3) is 0.562. The van der Waals surface area contributed by atoms with Crippen LogP contribution in [-0.4, -0.2) is 6.29 Å². The summed E-state index contributed by atoms with van der Waals surface area (Å²) in [5.74, 6) is 1.20. The summed E-state index contributed by atoms with van der Waals surface area (Å²) in [5.41, 5.74) is 6.22. The standard InChI is InChI=1S/C16H22O/c1-9-7-13-10(2)12(4)16(5,6)15(13)11(3)14(9)8-17/h7-8,10,12H,1-6H3. The number of aryl methyl sites for hydroxylation is 1. The Labute approximate surface area is 104 Å². The number of carbonyl (C=O) groups excluding carboxylic acids is 1. The summed E-state index contributed by atoms with van der Waals surface area (Å²) in [6.45, 7) is 13.4. The topological polar surface area (TPSA) is 17.1 Å². The van der Waals surface area contributed by atoms with Crippen LogP contribution in [0.4, 0.5) is 0 Å². The fourth-order valence-electron chi connectivity index (χ4n) is 3.55. The molecule has 0 aliphatic heterocycles. The lowest BCUT2D eigenvalue weighted by atomic mass is 9.76. The molecule has 0 N–H and O–H groups in total. The van der Waals surface area contributed by atoms with E-state index in [1.165, 1.54) is 16.7 Å². The highest BCUT2D eigenvalue weighted by Crippen LogP contribution is 2.51. The number of fused-ring (bicyclic) bond motifs is 1. The van der Waals surface area contributed by atoms with Gasteiger partial charge in [0.1, 0.15) is 0 Å². The Morgan fingerprint density at radius 2 is 1.82 bits per heavy atom. The Hall–Kier alpha value is -1.11. The quantitative estimate of drug-likeness (QED) is 0.662. The predicted octanol–water partition coefficient (Wildman–Crippen LogP) is 4.15. The van der Waals surface area contributed by atoms with E-state index in [1.807, 2.05) is 6.92 Å². The third kappa shape index (κ3) is 1.48. The first-order valence-electron chi connectivity index (χ1n) is 6.42. The molecule has 0 amide bonds. The minimum absolute atomic E-state index is 0.171. The second-order valence-electron chi connectivity index (χ2n) is 6.11. The van der Waals surface area contributed by atoms with Crippen LogP contribution < -0.4 is 0 Å². The van der Waals surface area contributed by atoms with Gasteiger partial charge in [-0.15, -0.1) is 0 Å². The van der Waals surface area contributed by atoms with Crippen molar-refractivity contribution in [2.24, 2.45) is 5.92 Å². The number of aldehydes is 1. The lowest BCUT2D eigenvalue weighted by molar-refractivity contribution is 0.112. The maximum atomic E-state index is 11.2. The molecule has 1 aliphatic rings. The normalized spacial score (nSPS) is 25.8. The van der Waals surface area contributed by atoms with E-state index in [-0.39, 0.29) is 5.41 Å². The van der Waals surface area contributed by atoms with E-state index >= 15 is 0 Å². The average Bonchev–Trinajstić information content (AvgIpc) is 2.41. The molecule has 0 fully saturated rings. The van der Waals surface area contributed by atoms with Gasteiger partial charge in [-0.25, -0.2) is 0 Å². The van der Waals surface area contributed by atoms with E-state index in [9.17, 15) is 4.79 Å². The number of benzene rings is 1. The molecule has 2 atom stereocenters. The van der Waals surface area contributed by atoms with Crippen molar-refractivity contribution in [2.45, 2.75) is 52.9 Å². The largest absolute Gasteiger partial charge is 0.298 e. The van der Waals surface area contributed by atoms with Crippen molar-refractivity contribution in [2.75, 3.05) is 0 Å². The zero-order chi connectivity index (χ0) is 13.0. The van der Waals surface area contributed by atoms with Crippen LogP contribution in [0.15, 0.2) is 6.07 Å². The van der Waals surface area contributed by atoms with Gasteiger partial charge < -0.3 is 0 Å². The van der Waals surface area contributed by atoms with Gasteiger partial charge >= 0.3 is 0 Å². The maximum absolute atomic E-state index is 11.2. The van der Waals surface area contributed by atoms with E-state index in [0.717, 1.165) is 17.4 Å². The van der Waals surface area contributed by atoms with Gasteiger partial charge in [0, 0.05) is 5.56 Å². The van der Waals surface area contributed by atoms with Gasteiger partial charge in [-0.1, -0.05) is 33.8 Å².